The topological polar surface area (TPSA) is 89.2 Å². The molecule has 2 unspecified atom stereocenters. The van der Waals surface area contributed by atoms with Crippen LogP contribution in [0.15, 0.2) is 92.6 Å². The number of nitrogens with zero attached hydrogens (tertiary/aromatic N) is 1. The van der Waals surface area contributed by atoms with Crippen LogP contribution in [0.3, 0.4) is 0 Å². The zero-order chi connectivity index (χ0) is 21.3. The number of aryl methyl sites for hydroxylation is 1. The molecule has 1 aliphatic heterocycles. The SMILES string of the molecule is Cc1ccc(S(=O)C2=C(c3ccco3)OC(N)=C(C#N)C2c2ccc(Cl)cc2)cc1. The quantitative estimate of drug-likeness (QED) is 0.605. The van der Waals surface area contributed by atoms with Gasteiger partial charge in [0.1, 0.15) is 11.6 Å². The number of allylic oxidation sites excluding steroid dienone is 2. The molecule has 1 aliphatic rings. The van der Waals surface area contributed by atoms with Gasteiger partial charge in [-0.25, -0.2) is 4.21 Å². The Labute approximate surface area is 181 Å². The van der Waals surface area contributed by atoms with Gasteiger partial charge in [0.15, 0.2) is 11.5 Å². The lowest BCUT2D eigenvalue weighted by atomic mass is 9.89. The van der Waals surface area contributed by atoms with E-state index >= 15 is 0 Å². The van der Waals surface area contributed by atoms with E-state index in [4.69, 9.17) is 26.5 Å². The molecule has 4 rings (SSSR count). The fourth-order valence-electron chi connectivity index (χ4n) is 3.27. The normalized spacial score (nSPS) is 17.4. The molecule has 2 N–H and O–H groups in total. The first-order valence-corrected chi connectivity index (χ1v) is 10.6. The van der Waals surface area contributed by atoms with Crippen LogP contribution in [0.4, 0.5) is 0 Å². The highest BCUT2D eigenvalue weighted by Gasteiger charge is 2.38. The number of rotatable bonds is 4. The van der Waals surface area contributed by atoms with E-state index in [1.807, 2.05) is 19.1 Å². The zero-order valence-corrected chi connectivity index (χ0v) is 17.5. The van der Waals surface area contributed by atoms with Crippen molar-refractivity contribution in [1.29, 1.82) is 5.26 Å². The molecule has 7 heteroatoms. The van der Waals surface area contributed by atoms with Gasteiger partial charge < -0.3 is 14.9 Å². The molecule has 0 amide bonds. The highest BCUT2D eigenvalue weighted by molar-refractivity contribution is 7.89. The number of furan rings is 1. The Balaban J connectivity index is 1.97. The first-order valence-electron chi connectivity index (χ1n) is 9.09. The average Bonchev–Trinajstić information content (AvgIpc) is 3.28. The van der Waals surface area contributed by atoms with Gasteiger partial charge in [0, 0.05) is 9.92 Å². The Morgan fingerprint density at radius 1 is 1.10 bits per heavy atom. The lowest BCUT2D eigenvalue weighted by molar-refractivity contribution is 0.342. The molecule has 0 fully saturated rings. The average molecular weight is 437 g/mol. The van der Waals surface area contributed by atoms with Crippen molar-refractivity contribution in [3.05, 3.63) is 105 Å². The second kappa shape index (κ2) is 8.23. The van der Waals surface area contributed by atoms with Crippen LogP contribution in [0.5, 0.6) is 0 Å². The van der Waals surface area contributed by atoms with Crippen LogP contribution in [-0.2, 0) is 15.5 Å². The van der Waals surface area contributed by atoms with Gasteiger partial charge in [-0.15, -0.1) is 0 Å². The van der Waals surface area contributed by atoms with E-state index in [0.29, 0.717) is 20.6 Å². The Morgan fingerprint density at radius 2 is 1.80 bits per heavy atom. The summed E-state index contributed by atoms with van der Waals surface area (Å²) in [6.45, 7) is 1.96. The van der Waals surface area contributed by atoms with Crippen molar-refractivity contribution >= 4 is 28.2 Å². The number of hydrogen-bond acceptors (Lipinski definition) is 5. The van der Waals surface area contributed by atoms with Gasteiger partial charge in [-0.2, -0.15) is 5.26 Å². The van der Waals surface area contributed by atoms with E-state index in [1.165, 1.54) is 6.26 Å². The molecule has 0 aliphatic carbocycles. The van der Waals surface area contributed by atoms with Gasteiger partial charge in [0.05, 0.1) is 27.9 Å². The van der Waals surface area contributed by atoms with Gasteiger partial charge in [-0.3, -0.25) is 0 Å². The van der Waals surface area contributed by atoms with Crippen LogP contribution in [0.2, 0.25) is 5.02 Å². The van der Waals surface area contributed by atoms with Gasteiger partial charge in [0.25, 0.3) is 0 Å². The van der Waals surface area contributed by atoms with Crippen LogP contribution < -0.4 is 5.73 Å². The number of halogens is 1. The summed E-state index contributed by atoms with van der Waals surface area (Å²) in [6.07, 6.45) is 1.50. The smallest absolute Gasteiger partial charge is 0.205 e. The number of nitrogens with two attached hydrogens (primary N) is 1. The number of benzene rings is 2. The molecular formula is C23H17ClN2O3S. The highest BCUT2D eigenvalue weighted by Crippen LogP contribution is 2.45. The predicted octanol–water partition coefficient (Wildman–Crippen LogP) is 5.23. The fourth-order valence-corrected chi connectivity index (χ4v) is 4.81. The van der Waals surface area contributed by atoms with Gasteiger partial charge in [-0.1, -0.05) is 41.4 Å². The lowest BCUT2D eigenvalue weighted by Gasteiger charge is -2.28. The standard InChI is InChI=1S/C23H17ClN2O3S/c1-14-4-10-17(11-5-14)30(27)22-20(15-6-8-16(24)9-7-15)18(13-25)23(26)29-21(22)19-3-2-12-28-19/h2-12,20H,26H2,1H3. The van der Waals surface area contributed by atoms with Crippen LogP contribution in [-0.4, -0.2) is 4.21 Å². The second-order valence-corrected chi connectivity index (χ2v) is 8.61. The first kappa shape index (κ1) is 20.0. The summed E-state index contributed by atoms with van der Waals surface area (Å²) < 4.78 is 25.1. The first-order chi connectivity index (χ1) is 14.5. The molecule has 2 heterocycles. The Kier molecular flexibility index (Phi) is 5.49. The van der Waals surface area contributed by atoms with E-state index in [-0.39, 0.29) is 17.2 Å². The Morgan fingerprint density at radius 3 is 2.40 bits per heavy atom. The van der Waals surface area contributed by atoms with E-state index in [1.54, 1.807) is 48.5 Å². The molecular weight excluding hydrogens is 420 g/mol. The minimum atomic E-state index is -1.65. The zero-order valence-electron chi connectivity index (χ0n) is 16.0. The van der Waals surface area contributed by atoms with E-state index < -0.39 is 16.7 Å². The van der Waals surface area contributed by atoms with E-state index in [0.717, 1.165) is 11.1 Å². The minimum Gasteiger partial charge on any atom is -0.461 e. The number of ether oxygens (including phenoxy) is 1. The second-order valence-electron chi connectivity index (χ2n) is 6.73. The van der Waals surface area contributed by atoms with Crippen molar-refractivity contribution in [2.45, 2.75) is 17.7 Å². The summed E-state index contributed by atoms with van der Waals surface area (Å²) >= 11 is 6.06. The fraction of sp³-hybridized carbons (Fsp3) is 0.0870. The Bertz CT molecular complexity index is 1200. The maximum atomic E-state index is 13.8. The van der Waals surface area contributed by atoms with Gasteiger partial charge in [0.2, 0.25) is 5.88 Å². The maximum Gasteiger partial charge on any atom is 0.205 e. The van der Waals surface area contributed by atoms with Crippen molar-refractivity contribution in [2.24, 2.45) is 5.73 Å². The summed E-state index contributed by atoms with van der Waals surface area (Å²) in [7, 11) is -1.65. The van der Waals surface area contributed by atoms with Crippen molar-refractivity contribution in [3.8, 4) is 6.07 Å². The summed E-state index contributed by atoms with van der Waals surface area (Å²) in [5.74, 6) is -0.100. The van der Waals surface area contributed by atoms with Crippen LogP contribution in [0.25, 0.3) is 5.76 Å². The van der Waals surface area contributed by atoms with E-state index in [2.05, 4.69) is 6.07 Å². The van der Waals surface area contributed by atoms with Crippen LogP contribution in [0, 0.1) is 18.3 Å². The monoisotopic (exact) mass is 436 g/mol. The molecule has 5 nitrogen and oxygen atoms in total. The number of nitriles is 1. The molecule has 0 radical (unpaired) electrons. The van der Waals surface area contributed by atoms with Crippen molar-refractivity contribution < 1.29 is 13.4 Å². The molecule has 0 saturated heterocycles. The molecule has 0 saturated carbocycles. The van der Waals surface area contributed by atoms with Crippen LogP contribution >= 0.6 is 11.6 Å². The summed E-state index contributed by atoms with van der Waals surface area (Å²) in [5.41, 5.74) is 8.05. The summed E-state index contributed by atoms with van der Waals surface area (Å²) in [6, 6.07) is 19.9. The molecule has 3 aromatic rings. The van der Waals surface area contributed by atoms with Gasteiger partial charge in [-0.05, 0) is 48.9 Å². The molecule has 150 valence electrons. The van der Waals surface area contributed by atoms with Crippen LogP contribution in [0.1, 0.15) is 22.8 Å². The van der Waals surface area contributed by atoms with Crippen molar-refractivity contribution in [1.82, 2.24) is 0 Å². The maximum absolute atomic E-state index is 13.8. The van der Waals surface area contributed by atoms with E-state index in [9.17, 15) is 9.47 Å². The minimum absolute atomic E-state index is 0.0477. The largest absolute Gasteiger partial charge is 0.461 e. The molecule has 2 aromatic carbocycles. The molecule has 1 aromatic heterocycles. The molecule has 30 heavy (non-hydrogen) atoms. The molecule has 2 atom stereocenters. The third kappa shape index (κ3) is 3.65. The third-order valence-corrected chi connectivity index (χ3v) is 6.53. The van der Waals surface area contributed by atoms with Crippen molar-refractivity contribution in [2.75, 3.05) is 0 Å². The molecule has 0 bridgehead atoms. The predicted molar refractivity (Wildman–Crippen MR) is 115 cm³/mol. The lowest BCUT2D eigenvalue weighted by Crippen LogP contribution is -2.22. The van der Waals surface area contributed by atoms with Gasteiger partial charge >= 0.3 is 0 Å². The summed E-state index contributed by atoms with van der Waals surface area (Å²) in [5, 5.41) is 10.4. The van der Waals surface area contributed by atoms with Crippen molar-refractivity contribution in [3.63, 3.8) is 0 Å². The highest BCUT2D eigenvalue weighted by atomic mass is 35.5. The Hall–Kier alpha value is -3.27. The third-order valence-electron chi connectivity index (χ3n) is 4.76. The molecule has 0 spiro atoms. The summed E-state index contributed by atoms with van der Waals surface area (Å²) in [4.78, 5) is 0.974. The number of hydrogen-bond donors (Lipinski definition) is 1.